The molecule has 0 saturated heterocycles. The Morgan fingerprint density at radius 3 is 2.47 bits per heavy atom. The van der Waals surface area contributed by atoms with Crippen molar-refractivity contribution >= 4 is 15.5 Å². The quantitative estimate of drug-likeness (QED) is 0.878. The summed E-state index contributed by atoms with van der Waals surface area (Å²) in [5.74, 6) is -0.0267. The molecule has 0 fully saturated rings. The molecule has 0 amide bonds. The summed E-state index contributed by atoms with van der Waals surface area (Å²) in [5.41, 5.74) is 5.77. The molecule has 0 saturated carbocycles. The van der Waals surface area contributed by atoms with Gasteiger partial charge in [-0.2, -0.15) is 0 Å². The number of ether oxygens (including phenoxy) is 1. The molecule has 0 unspecified atom stereocenters. The predicted molar refractivity (Wildman–Crippen MR) is 70.4 cm³/mol. The summed E-state index contributed by atoms with van der Waals surface area (Å²) >= 11 is 0. The number of para-hydroxylation sites is 1. The normalized spacial score (nSPS) is 11.3. The third kappa shape index (κ3) is 3.03. The van der Waals surface area contributed by atoms with Crippen molar-refractivity contribution < 1.29 is 17.5 Å². The van der Waals surface area contributed by atoms with Crippen LogP contribution in [-0.2, 0) is 9.84 Å². The van der Waals surface area contributed by atoms with Crippen molar-refractivity contribution in [3.63, 3.8) is 0 Å². The van der Waals surface area contributed by atoms with E-state index in [4.69, 9.17) is 10.5 Å². The van der Waals surface area contributed by atoms with Gasteiger partial charge in [0.1, 0.15) is 11.6 Å². The highest BCUT2D eigenvalue weighted by atomic mass is 32.2. The van der Waals surface area contributed by atoms with Crippen molar-refractivity contribution in [2.24, 2.45) is 0 Å². The van der Waals surface area contributed by atoms with Crippen molar-refractivity contribution in [3.8, 4) is 11.5 Å². The molecule has 2 rings (SSSR count). The van der Waals surface area contributed by atoms with Gasteiger partial charge in [-0.15, -0.1) is 0 Å². The van der Waals surface area contributed by atoms with Gasteiger partial charge in [-0.3, -0.25) is 0 Å². The number of hydrogen-bond acceptors (Lipinski definition) is 4. The van der Waals surface area contributed by atoms with E-state index in [0.29, 0.717) is 0 Å². The number of hydrogen-bond donors (Lipinski definition) is 1. The zero-order valence-corrected chi connectivity index (χ0v) is 10.9. The molecule has 2 N–H and O–H groups in total. The van der Waals surface area contributed by atoms with E-state index < -0.39 is 15.7 Å². The maximum Gasteiger partial charge on any atom is 0.177 e. The van der Waals surface area contributed by atoms with Gasteiger partial charge in [0.2, 0.25) is 0 Å². The lowest BCUT2D eigenvalue weighted by molar-refractivity contribution is 0.477. The van der Waals surface area contributed by atoms with Gasteiger partial charge < -0.3 is 10.5 Å². The van der Waals surface area contributed by atoms with Crippen LogP contribution in [0.25, 0.3) is 0 Å². The molecule has 0 atom stereocenters. The van der Waals surface area contributed by atoms with Crippen molar-refractivity contribution in [2.75, 3.05) is 12.0 Å². The molecule has 0 heterocycles. The number of nitrogens with two attached hydrogens (primary N) is 1. The molecule has 0 aromatic heterocycles. The minimum atomic E-state index is -3.44. The fraction of sp³-hybridized carbons (Fsp3) is 0.0769. The van der Waals surface area contributed by atoms with Gasteiger partial charge in [-0.05, 0) is 24.3 Å². The smallest absolute Gasteiger partial charge is 0.177 e. The maximum atomic E-state index is 13.0. The summed E-state index contributed by atoms with van der Waals surface area (Å²) in [5, 5.41) is 0. The van der Waals surface area contributed by atoms with Gasteiger partial charge in [0.25, 0.3) is 0 Å². The second-order valence-corrected chi connectivity index (χ2v) is 5.98. The van der Waals surface area contributed by atoms with Gasteiger partial charge in [0, 0.05) is 12.3 Å². The summed E-state index contributed by atoms with van der Waals surface area (Å²) in [6.07, 6.45) is 1.06. The lowest BCUT2D eigenvalue weighted by Gasteiger charge is -2.11. The van der Waals surface area contributed by atoms with Gasteiger partial charge in [-0.1, -0.05) is 12.1 Å². The Kier molecular flexibility index (Phi) is 3.44. The standard InChI is InChI=1S/C13H12FNO3S/c1-19(16,17)12-7-3-6-11(13(12)15)18-10-5-2-4-9(14)8-10/h2-8H,15H2,1H3. The molecule has 19 heavy (non-hydrogen) atoms. The van der Waals surface area contributed by atoms with Crippen LogP contribution in [0.1, 0.15) is 0 Å². The van der Waals surface area contributed by atoms with Gasteiger partial charge >= 0.3 is 0 Å². The second-order valence-electron chi connectivity index (χ2n) is 4.00. The number of nitrogen functional groups attached to an aromatic ring is 1. The molecule has 0 aliphatic heterocycles. The van der Waals surface area contributed by atoms with E-state index >= 15 is 0 Å². The molecule has 0 radical (unpaired) electrons. The molecule has 2 aromatic carbocycles. The average molecular weight is 281 g/mol. The van der Waals surface area contributed by atoms with Crippen LogP contribution in [0.5, 0.6) is 11.5 Å². The Morgan fingerprint density at radius 1 is 1.16 bits per heavy atom. The van der Waals surface area contributed by atoms with Gasteiger partial charge in [0.15, 0.2) is 15.6 Å². The monoisotopic (exact) mass is 281 g/mol. The Morgan fingerprint density at radius 2 is 1.84 bits per heavy atom. The Labute approximate surface area is 110 Å². The van der Waals surface area contributed by atoms with E-state index in [2.05, 4.69) is 0 Å². The minimum absolute atomic E-state index is 0.00858. The Balaban J connectivity index is 2.42. The van der Waals surface area contributed by atoms with Crippen LogP contribution in [0.2, 0.25) is 0 Å². The fourth-order valence-electron chi connectivity index (χ4n) is 1.59. The van der Waals surface area contributed by atoms with E-state index in [1.54, 1.807) is 6.07 Å². The first-order valence-corrected chi connectivity index (χ1v) is 7.29. The summed E-state index contributed by atoms with van der Waals surface area (Å²) in [7, 11) is -3.44. The molecule has 4 nitrogen and oxygen atoms in total. The number of halogens is 1. The topological polar surface area (TPSA) is 69.4 Å². The van der Waals surface area contributed by atoms with E-state index in [1.807, 2.05) is 0 Å². The third-order valence-electron chi connectivity index (χ3n) is 2.45. The van der Waals surface area contributed by atoms with Crippen LogP contribution in [-0.4, -0.2) is 14.7 Å². The van der Waals surface area contributed by atoms with E-state index in [1.165, 1.54) is 36.4 Å². The summed E-state index contributed by atoms with van der Waals surface area (Å²) in [4.78, 5) is -0.0126. The molecule has 0 bridgehead atoms. The zero-order chi connectivity index (χ0) is 14.0. The van der Waals surface area contributed by atoms with Crippen LogP contribution in [0.15, 0.2) is 47.4 Å². The predicted octanol–water partition coefficient (Wildman–Crippen LogP) is 2.60. The average Bonchev–Trinajstić information content (AvgIpc) is 2.30. The van der Waals surface area contributed by atoms with Crippen LogP contribution in [0.4, 0.5) is 10.1 Å². The molecule has 0 aliphatic rings. The third-order valence-corrected chi connectivity index (χ3v) is 3.60. The molecular formula is C13H12FNO3S. The first kappa shape index (κ1) is 13.4. The van der Waals surface area contributed by atoms with Crippen LogP contribution in [0.3, 0.4) is 0 Å². The van der Waals surface area contributed by atoms with E-state index in [9.17, 15) is 12.8 Å². The first-order valence-electron chi connectivity index (χ1n) is 5.40. The number of anilines is 1. The summed E-state index contributed by atoms with van der Waals surface area (Å²) in [6, 6.07) is 9.94. The number of benzene rings is 2. The second kappa shape index (κ2) is 4.89. The van der Waals surface area contributed by atoms with Crippen molar-refractivity contribution in [1.29, 1.82) is 0 Å². The largest absolute Gasteiger partial charge is 0.455 e. The Hall–Kier alpha value is -2.08. The van der Waals surface area contributed by atoms with Crippen LogP contribution >= 0.6 is 0 Å². The molecule has 100 valence electrons. The van der Waals surface area contributed by atoms with Gasteiger partial charge in [-0.25, -0.2) is 12.8 Å². The Bertz CT molecular complexity index is 714. The molecule has 6 heteroatoms. The molecular weight excluding hydrogens is 269 g/mol. The lowest BCUT2D eigenvalue weighted by Crippen LogP contribution is -2.03. The highest BCUT2D eigenvalue weighted by Crippen LogP contribution is 2.32. The first-order chi connectivity index (χ1) is 8.88. The zero-order valence-electron chi connectivity index (χ0n) is 10.1. The molecule has 0 spiro atoms. The van der Waals surface area contributed by atoms with E-state index in [-0.39, 0.29) is 22.1 Å². The van der Waals surface area contributed by atoms with Crippen LogP contribution in [0, 0.1) is 5.82 Å². The fourth-order valence-corrected chi connectivity index (χ4v) is 2.42. The van der Waals surface area contributed by atoms with Crippen molar-refractivity contribution in [2.45, 2.75) is 4.90 Å². The lowest BCUT2D eigenvalue weighted by atomic mass is 10.3. The van der Waals surface area contributed by atoms with Gasteiger partial charge in [0.05, 0.1) is 10.6 Å². The maximum absolute atomic E-state index is 13.0. The summed E-state index contributed by atoms with van der Waals surface area (Å²) in [6.45, 7) is 0. The van der Waals surface area contributed by atoms with Crippen molar-refractivity contribution in [1.82, 2.24) is 0 Å². The van der Waals surface area contributed by atoms with E-state index in [0.717, 1.165) is 6.26 Å². The SMILES string of the molecule is CS(=O)(=O)c1cccc(Oc2cccc(F)c2)c1N. The highest BCUT2D eigenvalue weighted by molar-refractivity contribution is 7.90. The minimum Gasteiger partial charge on any atom is -0.455 e. The molecule has 0 aliphatic carbocycles. The van der Waals surface area contributed by atoms with Crippen molar-refractivity contribution in [3.05, 3.63) is 48.3 Å². The number of sulfone groups is 1. The molecule has 2 aromatic rings. The summed E-state index contributed by atoms with van der Waals surface area (Å²) < 4.78 is 41.5. The highest BCUT2D eigenvalue weighted by Gasteiger charge is 2.15. The number of rotatable bonds is 3. The van der Waals surface area contributed by atoms with Crippen LogP contribution < -0.4 is 10.5 Å².